The lowest BCUT2D eigenvalue weighted by Crippen LogP contribution is -2.18. The van der Waals surface area contributed by atoms with Gasteiger partial charge in [-0.05, 0) is 29.8 Å². The molecule has 0 aliphatic rings. The fourth-order valence-electron chi connectivity index (χ4n) is 3.04. The largest absolute Gasteiger partial charge is 0.497 e. The molecule has 1 atom stereocenters. The molecule has 4 aromatic rings. The maximum absolute atomic E-state index is 12.9. The summed E-state index contributed by atoms with van der Waals surface area (Å²) in [6.45, 7) is 0. The Kier molecular flexibility index (Phi) is 5.00. The van der Waals surface area contributed by atoms with Crippen LogP contribution in [-0.2, 0) is 4.79 Å². The lowest BCUT2D eigenvalue weighted by molar-refractivity contribution is -0.116. The van der Waals surface area contributed by atoms with E-state index in [1.165, 1.54) is 0 Å². The number of aromatic nitrogens is 2. The Labute approximate surface area is 167 Å². The molecule has 2 aromatic carbocycles. The molecule has 4 rings (SSSR count). The number of methoxy groups -OCH3 is 1. The van der Waals surface area contributed by atoms with Crippen LogP contribution in [0.25, 0.3) is 16.9 Å². The third-order valence-electron chi connectivity index (χ3n) is 4.44. The van der Waals surface area contributed by atoms with Crippen LogP contribution in [0, 0.1) is 0 Å². The van der Waals surface area contributed by atoms with Crippen molar-refractivity contribution in [2.24, 2.45) is 0 Å². The van der Waals surface area contributed by atoms with Gasteiger partial charge >= 0.3 is 0 Å². The predicted octanol–water partition coefficient (Wildman–Crippen LogP) is 4.93. The van der Waals surface area contributed by atoms with Crippen molar-refractivity contribution in [2.45, 2.75) is 5.38 Å². The fraction of sp³-hybridized carbons (Fsp3) is 0.0909. The van der Waals surface area contributed by atoms with Gasteiger partial charge in [-0.15, -0.1) is 11.6 Å². The van der Waals surface area contributed by atoms with E-state index >= 15 is 0 Å². The van der Waals surface area contributed by atoms with Crippen LogP contribution in [0.15, 0.2) is 79.0 Å². The minimum atomic E-state index is -0.811. The van der Waals surface area contributed by atoms with E-state index < -0.39 is 5.38 Å². The summed E-state index contributed by atoms with van der Waals surface area (Å²) in [5.74, 6) is 0.962. The van der Waals surface area contributed by atoms with Gasteiger partial charge in [-0.2, -0.15) is 0 Å². The van der Waals surface area contributed by atoms with Crippen molar-refractivity contribution in [3.05, 3.63) is 84.6 Å². The topological polar surface area (TPSA) is 55.6 Å². The van der Waals surface area contributed by atoms with Gasteiger partial charge in [-0.1, -0.05) is 48.5 Å². The van der Waals surface area contributed by atoms with Crippen LogP contribution in [0.3, 0.4) is 0 Å². The van der Waals surface area contributed by atoms with Gasteiger partial charge in [-0.3, -0.25) is 9.20 Å². The Hall–Kier alpha value is -3.31. The number of nitrogens with one attached hydrogen (secondary N) is 1. The number of benzene rings is 2. The molecule has 5 nitrogen and oxygen atoms in total. The van der Waals surface area contributed by atoms with Gasteiger partial charge in [0.05, 0.1) is 7.11 Å². The van der Waals surface area contributed by atoms with E-state index in [1.54, 1.807) is 7.11 Å². The number of halogens is 1. The monoisotopic (exact) mass is 391 g/mol. The van der Waals surface area contributed by atoms with E-state index in [0.717, 1.165) is 16.8 Å². The molecule has 0 radical (unpaired) electrons. The fourth-order valence-corrected chi connectivity index (χ4v) is 3.24. The Morgan fingerprint density at radius 1 is 1.07 bits per heavy atom. The molecule has 0 saturated heterocycles. The van der Waals surface area contributed by atoms with Crippen molar-refractivity contribution in [1.82, 2.24) is 9.38 Å². The molecule has 1 unspecified atom stereocenters. The van der Waals surface area contributed by atoms with E-state index in [1.807, 2.05) is 83.4 Å². The molecule has 1 amide bonds. The molecule has 0 spiro atoms. The highest BCUT2D eigenvalue weighted by Gasteiger charge is 2.22. The van der Waals surface area contributed by atoms with E-state index in [9.17, 15) is 4.79 Å². The lowest BCUT2D eigenvalue weighted by Gasteiger charge is -2.12. The molecule has 0 fully saturated rings. The number of carbonyl (C=O) groups excluding carboxylic acids is 1. The zero-order valence-corrected chi connectivity index (χ0v) is 15.9. The van der Waals surface area contributed by atoms with Crippen molar-refractivity contribution in [2.75, 3.05) is 12.4 Å². The number of hydrogen-bond donors (Lipinski definition) is 1. The van der Waals surface area contributed by atoms with Gasteiger partial charge in [0.15, 0.2) is 0 Å². The van der Waals surface area contributed by atoms with Gasteiger partial charge in [0, 0.05) is 11.8 Å². The maximum Gasteiger partial charge on any atom is 0.248 e. The van der Waals surface area contributed by atoms with Crippen LogP contribution in [0.1, 0.15) is 10.9 Å². The summed E-state index contributed by atoms with van der Waals surface area (Å²) in [7, 11) is 1.61. The highest BCUT2D eigenvalue weighted by molar-refractivity contribution is 6.32. The number of anilines is 1. The highest BCUT2D eigenvalue weighted by Crippen LogP contribution is 2.32. The van der Waals surface area contributed by atoms with E-state index in [-0.39, 0.29) is 5.91 Å². The number of rotatable bonds is 5. The van der Waals surface area contributed by atoms with Gasteiger partial charge in [-0.25, -0.2) is 4.98 Å². The summed E-state index contributed by atoms with van der Waals surface area (Å²) in [5.41, 5.74) is 2.94. The second-order valence-electron chi connectivity index (χ2n) is 6.23. The zero-order chi connectivity index (χ0) is 19.5. The third-order valence-corrected chi connectivity index (χ3v) is 4.89. The minimum Gasteiger partial charge on any atom is -0.497 e. The number of imidazole rings is 1. The second-order valence-corrected chi connectivity index (χ2v) is 6.67. The second kappa shape index (κ2) is 7.74. The Morgan fingerprint density at radius 2 is 1.86 bits per heavy atom. The van der Waals surface area contributed by atoms with Crippen LogP contribution in [0.2, 0.25) is 0 Å². The summed E-state index contributed by atoms with van der Waals surface area (Å²) < 4.78 is 7.16. The Balaban J connectivity index is 1.76. The van der Waals surface area contributed by atoms with Crippen LogP contribution >= 0.6 is 11.6 Å². The SMILES string of the molecule is COc1cccc(-c2nc3ccccn3c2NC(=O)C(Cl)c2ccccc2)c1. The number of pyridine rings is 1. The summed E-state index contributed by atoms with van der Waals surface area (Å²) in [4.78, 5) is 17.5. The molecule has 0 aliphatic heterocycles. The van der Waals surface area contributed by atoms with Gasteiger partial charge < -0.3 is 10.1 Å². The van der Waals surface area contributed by atoms with Crippen LogP contribution in [0.5, 0.6) is 5.75 Å². The summed E-state index contributed by atoms with van der Waals surface area (Å²) in [5, 5.41) is 2.15. The number of fused-ring (bicyclic) bond motifs is 1. The van der Waals surface area contributed by atoms with Crippen molar-refractivity contribution < 1.29 is 9.53 Å². The highest BCUT2D eigenvalue weighted by atomic mass is 35.5. The first-order chi connectivity index (χ1) is 13.7. The van der Waals surface area contributed by atoms with Gasteiger partial charge in [0.25, 0.3) is 0 Å². The van der Waals surface area contributed by atoms with Gasteiger partial charge in [0.2, 0.25) is 5.91 Å². The average Bonchev–Trinajstić information content (AvgIpc) is 3.12. The molecule has 2 heterocycles. The number of nitrogens with zero attached hydrogens (tertiary/aromatic N) is 2. The first-order valence-corrected chi connectivity index (χ1v) is 9.22. The van der Waals surface area contributed by atoms with Gasteiger partial charge in [0.1, 0.15) is 28.3 Å². The normalized spacial score (nSPS) is 11.9. The zero-order valence-electron chi connectivity index (χ0n) is 15.2. The maximum atomic E-state index is 12.9. The molecule has 0 saturated carbocycles. The van der Waals surface area contributed by atoms with Crippen molar-refractivity contribution in [3.63, 3.8) is 0 Å². The molecular formula is C22H18ClN3O2. The molecule has 0 bridgehead atoms. The number of amides is 1. The summed E-state index contributed by atoms with van der Waals surface area (Å²) in [6, 6.07) is 22.5. The smallest absolute Gasteiger partial charge is 0.248 e. The molecular weight excluding hydrogens is 374 g/mol. The van der Waals surface area contributed by atoms with Crippen LogP contribution in [-0.4, -0.2) is 22.4 Å². The number of carbonyl (C=O) groups is 1. The molecule has 1 N–H and O–H groups in total. The van der Waals surface area contributed by atoms with E-state index in [2.05, 4.69) is 5.32 Å². The molecule has 6 heteroatoms. The lowest BCUT2D eigenvalue weighted by atomic mass is 10.1. The number of alkyl halides is 1. The summed E-state index contributed by atoms with van der Waals surface area (Å²) >= 11 is 6.41. The predicted molar refractivity (Wildman–Crippen MR) is 111 cm³/mol. The summed E-state index contributed by atoms with van der Waals surface area (Å²) in [6.07, 6.45) is 1.85. The minimum absolute atomic E-state index is 0.317. The number of hydrogen-bond acceptors (Lipinski definition) is 3. The Bertz CT molecular complexity index is 1130. The first kappa shape index (κ1) is 18.1. The molecule has 0 aliphatic carbocycles. The van der Waals surface area contributed by atoms with Crippen molar-refractivity contribution in [3.8, 4) is 17.0 Å². The van der Waals surface area contributed by atoms with Crippen molar-refractivity contribution in [1.29, 1.82) is 0 Å². The van der Waals surface area contributed by atoms with Crippen LogP contribution < -0.4 is 10.1 Å². The first-order valence-electron chi connectivity index (χ1n) is 8.79. The third kappa shape index (κ3) is 3.44. The van der Waals surface area contributed by atoms with Crippen LogP contribution in [0.4, 0.5) is 5.82 Å². The molecule has 2 aromatic heterocycles. The average molecular weight is 392 g/mol. The molecule has 28 heavy (non-hydrogen) atoms. The molecule has 140 valence electrons. The van der Waals surface area contributed by atoms with E-state index in [4.69, 9.17) is 21.3 Å². The number of ether oxygens (including phenoxy) is 1. The standard InChI is InChI=1S/C22H18ClN3O2/c1-28-17-11-7-10-16(14-17)20-21(26-13-6-5-12-18(26)24-20)25-22(27)19(23)15-8-3-2-4-9-15/h2-14,19H,1H3,(H,25,27). The van der Waals surface area contributed by atoms with Crippen molar-refractivity contribution >= 4 is 29.0 Å². The van der Waals surface area contributed by atoms with E-state index in [0.29, 0.717) is 17.3 Å². The Morgan fingerprint density at radius 3 is 2.64 bits per heavy atom. The quantitative estimate of drug-likeness (QED) is 0.491.